The quantitative estimate of drug-likeness (QED) is 0.360. The van der Waals surface area contributed by atoms with E-state index in [2.05, 4.69) is 36.9 Å². The second-order valence-electron chi connectivity index (χ2n) is 10.1. The molecule has 0 bridgehead atoms. The lowest BCUT2D eigenvalue weighted by molar-refractivity contribution is -0.126. The number of hydrogen-bond acceptors (Lipinski definition) is 7. The van der Waals surface area contributed by atoms with E-state index in [1.54, 1.807) is 12.1 Å². The summed E-state index contributed by atoms with van der Waals surface area (Å²) in [5.41, 5.74) is 2.66. The Hall–Kier alpha value is -3.18. The fraction of sp³-hybridized carbons (Fsp3) is 0.423. The van der Waals surface area contributed by atoms with E-state index < -0.39 is 12.6 Å². The third kappa shape index (κ3) is 4.77. The minimum Gasteiger partial charge on any atom is -0.464 e. The van der Waals surface area contributed by atoms with Gasteiger partial charge >= 0.3 is 12.1 Å². The minimum atomic E-state index is -4.24. The van der Waals surface area contributed by atoms with Crippen molar-refractivity contribution in [2.75, 3.05) is 38.2 Å². The number of nitrogens with zero attached hydrogens (tertiary/aromatic N) is 4. The van der Waals surface area contributed by atoms with Gasteiger partial charge < -0.3 is 14.6 Å². The normalized spacial score (nSPS) is 20.6. The summed E-state index contributed by atoms with van der Waals surface area (Å²) in [7, 11) is 1.37. The van der Waals surface area contributed by atoms with Crippen LogP contribution in [0.25, 0.3) is 21.1 Å². The second kappa shape index (κ2) is 8.98. The lowest BCUT2D eigenvalue weighted by Gasteiger charge is -2.25. The zero-order chi connectivity index (χ0) is 25.8. The molecule has 0 unspecified atom stereocenters. The van der Waals surface area contributed by atoms with E-state index >= 15 is 0 Å². The molecule has 5 heterocycles. The SMILES string of the molecule is COC(=O)c1cc2ccc(CN3CC[C@@]4(CCN(c5ncnc6sc(CC(F)(F)F)cc56)C4)C3)cc2[nH]1. The number of rotatable bonds is 5. The van der Waals surface area contributed by atoms with E-state index in [9.17, 15) is 18.0 Å². The molecule has 2 aliphatic rings. The lowest BCUT2D eigenvalue weighted by atomic mass is 9.86. The number of fused-ring (bicyclic) bond motifs is 2. The molecule has 194 valence electrons. The van der Waals surface area contributed by atoms with Crippen molar-refractivity contribution in [3.8, 4) is 0 Å². The molecule has 1 aromatic carbocycles. The first kappa shape index (κ1) is 24.2. The summed E-state index contributed by atoms with van der Waals surface area (Å²) in [6.07, 6.45) is -1.64. The Morgan fingerprint density at radius 2 is 2.00 bits per heavy atom. The average Bonchev–Trinajstić information content (AvgIpc) is 3.63. The molecule has 4 aromatic rings. The molecule has 2 fully saturated rings. The first-order chi connectivity index (χ1) is 17.7. The summed E-state index contributed by atoms with van der Waals surface area (Å²) in [6, 6.07) is 9.60. The maximum Gasteiger partial charge on any atom is 0.393 e. The smallest absolute Gasteiger partial charge is 0.393 e. The highest BCUT2D eigenvalue weighted by molar-refractivity contribution is 7.18. The molecule has 7 nitrogen and oxygen atoms in total. The molecule has 0 aliphatic carbocycles. The lowest BCUT2D eigenvalue weighted by Crippen LogP contribution is -2.31. The number of nitrogens with one attached hydrogen (secondary N) is 1. The minimum absolute atomic E-state index is 0.136. The molecular weight excluding hydrogens is 503 g/mol. The number of carbonyl (C=O) groups excluding carboxylic acids is 1. The molecule has 11 heteroatoms. The maximum absolute atomic E-state index is 12.9. The summed E-state index contributed by atoms with van der Waals surface area (Å²) < 4.78 is 43.6. The van der Waals surface area contributed by atoms with Gasteiger partial charge in [0, 0.05) is 47.4 Å². The van der Waals surface area contributed by atoms with Crippen LogP contribution in [-0.2, 0) is 17.7 Å². The molecule has 0 saturated carbocycles. The van der Waals surface area contributed by atoms with Crippen LogP contribution in [0.2, 0.25) is 0 Å². The van der Waals surface area contributed by atoms with Crippen LogP contribution < -0.4 is 4.90 Å². The number of H-pyrrole nitrogens is 1. The molecule has 2 aliphatic heterocycles. The van der Waals surface area contributed by atoms with Gasteiger partial charge in [-0.3, -0.25) is 4.90 Å². The fourth-order valence-electron chi connectivity index (χ4n) is 5.79. The summed E-state index contributed by atoms with van der Waals surface area (Å²) >= 11 is 1.09. The highest BCUT2D eigenvalue weighted by atomic mass is 32.1. The Balaban J connectivity index is 1.15. The predicted molar refractivity (Wildman–Crippen MR) is 136 cm³/mol. The standard InChI is InChI=1S/C26H26F3N5O2S/c1-36-24(35)21-9-17-3-2-16(8-20(17)32-21)12-33-6-4-25(13-33)5-7-34(14-25)22-19-10-18(11-26(27,28)29)37-23(19)31-15-30-22/h2-3,8-10,15,32H,4-7,11-14H2,1H3/t25-/m1/s1. The van der Waals surface area contributed by atoms with Crippen molar-refractivity contribution in [3.63, 3.8) is 0 Å². The summed E-state index contributed by atoms with van der Waals surface area (Å²) in [5, 5.41) is 1.68. The number of anilines is 1. The maximum atomic E-state index is 12.9. The number of hydrogen-bond donors (Lipinski definition) is 1. The predicted octanol–water partition coefficient (Wildman–Crippen LogP) is 5.17. The van der Waals surface area contributed by atoms with Crippen molar-refractivity contribution in [2.45, 2.75) is 32.0 Å². The van der Waals surface area contributed by atoms with Crippen LogP contribution in [0.15, 0.2) is 36.7 Å². The fourth-order valence-corrected chi connectivity index (χ4v) is 6.81. The van der Waals surface area contributed by atoms with E-state index in [1.807, 2.05) is 6.07 Å². The summed E-state index contributed by atoms with van der Waals surface area (Å²) in [6.45, 7) is 4.41. The second-order valence-corrected chi connectivity index (χ2v) is 11.3. The first-order valence-corrected chi connectivity index (χ1v) is 13.0. The van der Waals surface area contributed by atoms with Crippen molar-refractivity contribution < 1.29 is 22.7 Å². The summed E-state index contributed by atoms with van der Waals surface area (Å²) in [5.74, 6) is 0.355. The van der Waals surface area contributed by atoms with Crippen molar-refractivity contribution >= 4 is 44.2 Å². The van der Waals surface area contributed by atoms with Crippen molar-refractivity contribution in [3.05, 3.63) is 52.8 Å². The third-order valence-electron chi connectivity index (χ3n) is 7.49. The number of likely N-dealkylation sites (tertiary alicyclic amines) is 1. The van der Waals surface area contributed by atoms with Crippen LogP contribution in [0.3, 0.4) is 0 Å². The zero-order valence-electron chi connectivity index (χ0n) is 20.3. The Kier molecular flexibility index (Phi) is 5.87. The van der Waals surface area contributed by atoms with E-state index in [-0.39, 0.29) is 16.3 Å². The van der Waals surface area contributed by atoms with Crippen LogP contribution >= 0.6 is 11.3 Å². The van der Waals surface area contributed by atoms with Crippen molar-refractivity contribution in [1.29, 1.82) is 0 Å². The third-order valence-corrected chi connectivity index (χ3v) is 8.53. The number of methoxy groups -OCH3 is 1. The Morgan fingerprint density at radius 3 is 2.81 bits per heavy atom. The molecule has 0 radical (unpaired) electrons. The van der Waals surface area contributed by atoms with Gasteiger partial charge in [0.2, 0.25) is 0 Å². The number of aromatic amines is 1. The van der Waals surface area contributed by atoms with E-state index in [1.165, 1.54) is 19.0 Å². The Morgan fingerprint density at radius 1 is 1.16 bits per heavy atom. The number of halogens is 3. The molecular formula is C26H26F3N5O2S. The number of esters is 1. The number of alkyl halides is 3. The molecule has 1 spiro atoms. The summed E-state index contributed by atoms with van der Waals surface area (Å²) in [4.78, 5) is 29.2. The number of aromatic nitrogens is 3. The van der Waals surface area contributed by atoms with E-state index in [4.69, 9.17) is 4.74 Å². The van der Waals surface area contributed by atoms with Gasteiger partial charge in [-0.25, -0.2) is 14.8 Å². The van der Waals surface area contributed by atoms with Gasteiger partial charge in [-0.2, -0.15) is 13.2 Å². The molecule has 0 amide bonds. The van der Waals surface area contributed by atoms with Gasteiger partial charge in [0.15, 0.2) is 0 Å². The number of thiophene rings is 1. The van der Waals surface area contributed by atoms with Gasteiger partial charge in [0.05, 0.1) is 18.9 Å². The van der Waals surface area contributed by atoms with Crippen LogP contribution in [0.4, 0.5) is 19.0 Å². The molecule has 6 rings (SSSR count). The highest BCUT2D eigenvalue weighted by Crippen LogP contribution is 2.43. The van der Waals surface area contributed by atoms with Crippen LogP contribution in [0.5, 0.6) is 0 Å². The average molecular weight is 530 g/mol. The van der Waals surface area contributed by atoms with E-state index in [0.29, 0.717) is 15.9 Å². The van der Waals surface area contributed by atoms with E-state index in [0.717, 1.165) is 73.6 Å². The topological polar surface area (TPSA) is 74.3 Å². The van der Waals surface area contributed by atoms with Gasteiger partial charge in [-0.15, -0.1) is 11.3 Å². The van der Waals surface area contributed by atoms with Gasteiger partial charge in [-0.05, 0) is 43.1 Å². The largest absolute Gasteiger partial charge is 0.464 e. The number of carbonyl (C=O) groups is 1. The zero-order valence-corrected chi connectivity index (χ0v) is 21.1. The van der Waals surface area contributed by atoms with Gasteiger partial charge in [0.1, 0.15) is 22.7 Å². The first-order valence-electron chi connectivity index (χ1n) is 12.2. The number of benzene rings is 1. The van der Waals surface area contributed by atoms with Gasteiger partial charge in [0.25, 0.3) is 0 Å². The van der Waals surface area contributed by atoms with Crippen molar-refractivity contribution in [1.82, 2.24) is 19.9 Å². The Bertz CT molecular complexity index is 1480. The number of ether oxygens (including phenoxy) is 1. The van der Waals surface area contributed by atoms with Crippen LogP contribution in [0.1, 0.15) is 33.8 Å². The van der Waals surface area contributed by atoms with Crippen molar-refractivity contribution in [2.24, 2.45) is 5.41 Å². The Labute approximate surface area is 215 Å². The van der Waals surface area contributed by atoms with Gasteiger partial charge in [-0.1, -0.05) is 12.1 Å². The molecule has 1 atom stereocenters. The molecule has 37 heavy (non-hydrogen) atoms. The molecule has 2 saturated heterocycles. The highest BCUT2D eigenvalue weighted by Gasteiger charge is 2.44. The molecule has 3 aromatic heterocycles. The molecule has 1 N–H and O–H groups in total. The monoisotopic (exact) mass is 529 g/mol. The van der Waals surface area contributed by atoms with Crippen LogP contribution in [-0.4, -0.2) is 65.3 Å². The van der Waals surface area contributed by atoms with Crippen LogP contribution in [0, 0.1) is 5.41 Å².